The molecule has 0 bridgehead atoms. The summed E-state index contributed by atoms with van der Waals surface area (Å²) in [7, 11) is 2.97. The third-order valence-corrected chi connectivity index (χ3v) is 5.57. The SMILES string of the molecule is COc1cc(OC)cc(N2C(=O)C3N=NN(Cc4nc(-c5ccc(Cl)cc5)no4)C3C2=O)c1. The van der Waals surface area contributed by atoms with Gasteiger partial charge in [-0.2, -0.15) is 10.1 Å². The number of rotatable bonds is 6. The van der Waals surface area contributed by atoms with Crippen LogP contribution < -0.4 is 14.4 Å². The van der Waals surface area contributed by atoms with Crippen LogP contribution >= 0.6 is 11.6 Å². The van der Waals surface area contributed by atoms with Gasteiger partial charge in [0.2, 0.25) is 11.7 Å². The molecule has 0 N–H and O–H groups in total. The molecule has 0 spiro atoms. The average molecular weight is 469 g/mol. The standard InChI is InChI=1S/C21H17ClN6O5/c1-31-14-7-13(8-15(9-14)32-2)28-20(29)17-18(21(28)30)27(26-24-17)10-16-23-19(25-33-16)11-3-5-12(22)6-4-11/h3-9,17-18H,10H2,1-2H3. The average Bonchev–Trinajstić information content (AvgIpc) is 3.52. The van der Waals surface area contributed by atoms with Gasteiger partial charge in [0.05, 0.1) is 19.9 Å². The highest BCUT2D eigenvalue weighted by molar-refractivity contribution is 6.30. The number of fused-ring (bicyclic) bond motifs is 1. The maximum atomic E-state index is 13.2. The molecule has 33 heavy (non-hydrogen) atoms. The molecule has 2 unspecified atom stereocenters. The summed E-state index contributed by atoms with van der Waals surface area (Å²) < 4.78 is 15.8. The van der Waals surface area contributed by atoms with E-state index in [2.05, 4.69) is 20.5 Å². The van der Waals surface area contributed by atoms with Gasteiger partial charge in [-0.25, -0.2) is 4.90 Å². The van der Waals surface area contributed by atoms with Gasteiger partial charge in [0, 0.05) is 28.8 Å². The molecule has 1 aromatic heterocycles. The van der Waals surface area contributed by atoms with Gasteiger partial charge >= 0.3 is 0 Å². The molecule has 2 aliphatic rings. The van der Waals surface area contributed by atoms with Crippen LogP contribution in [0.5, 0.6) is 11.5 Å². The van der Waals surface area contributed by atoms with Crippen LogP contribution in [-0.2, 0) is 16.1 Å². The van der Waals surface area contributed by atoms with Crippen molar-refractivity contribution in [2.75, 3.05) is 19.1 Å². The van der Waals surface area contributed by atoms with Crippen molar-refractivity contribution in [2.45, 2.75) is 18.6 Å². The van der Waals surface area contributed by atoms with Crippen molar-refractivity contribution in [2.24, 2.45) is 10.3 Å². The van der Waals surface area contributed by atoms with Crippen molar-refractivity contribution < 1.29 is 23.6 Å². The summed E-state index contributed by atoms with van der Waals surface area (Å²) in [5, 5.41) is 13.9. The van der Waals surface area contributed by atoms with Crippen molar-refractivity contribution in [1.82, 2.24) is 15.1 Å². The smallest absolute Gasteiger partial charge is 0.263 e. The van der Waals surface area contributed by atoms with E-state index in [0.717, 1.165) is 10.5 Å². The van der Waals surface area contributed by atoms with E-state index in [1.54, 1.807) is 42.5 Å². The van der Waals surface area contributed by atoms with Crippen molar-refractivity contribution in [3.05, 3.63) is 53.4 Å². The van der Waals surface area contributed by atoms with E-state index in [1.165, 1.54) is 19.2 Å². The summed E-state index contributed by atoms with van der Waals surface area (Å²) >= 11 is 5.91. The Bertz CT molecular complexity index is 1240. The van der Waals surface area contributed by atoms with Gasteiger partial charge in [0.25, 0.3) is 11.8 Å². The van der Waals surface area contributed by atoms with E-state index in [0.29, 0.717) is 28.0 Å². The fourth-order valence-electron chi connectivity index (χ4n) is 3.70. The summed E-state index contributed by atoms with van der Waals surface area (Å²) in [4.78, 5) is 31.6. The van der Waals surface area contributed by atoms with Crippen molar-refractivity contribution >= 4 is 29.1 Å². The molecule has 168 valence electrons. The number of amides is 2. The predicted octanol–water partition coefficient (Wildman–Crippen LogP) is 2.90. The molecule has 2 atom stereocenters. The number of halogens is 1. The number of anilines is 1. The Labute approximate surface area is 192 Å². The maximum absolute atomic E-state index is 13.2. The topological polar surface area (TPSA) is 123 Å². The Balaban J connectivity index is 1.37. The van der Waals surface area contributed by atoms with Crippen molar-refractivity contribution in [3.8, 4) is 22.9 Å². The first-order valence-electron chi connectivity index (χ1n) is 9.85. The Morgan fingerprint density at radius 2 is 1.73 bits per heavy atom. The highest BCUT2D eigenvalue weighted by Gasteiger charge is 2.55. The Morgan fingerprint density at radius 3 is 2.39 bits per heavy atom. The van der Waals surface area contributed by atoms with Crippen LogP contribution in [0.15, 0.2) is 57.3 Å². The summed E-state index contributed by atoms with van der Waals surface area (Å²) in [6, 6.07) is 9.90. The first-order chi connectivity index (χ1) is 16.0. The highest BCUT2D eigenvalue weighted by atomic mass is 35.5. The third kappa shape index (κ3) is 3.65. The fourth-order valence-corrected chi connectivity index (χ4v) is 3.83. The normalized spacial score (nSPS) is 19.4. The second kappa shape index (κ2) is 8.17. The van der Waals surface area contributed by atoms with Crippen LogP contribution in [-0.4, -0.2) is 53.3 Å². The van der Waals surface area contributed by atoms with Gasteiger partial charge in [-0.1, -0.05) is 22.0 Å². The number of ether oxygens (including phenoxy) is 2. The largest absolute Gasteiger partial charge is 0.497 e. The number of carbonyl (C=O) groups is 2. The molecule has 1 saturated heterocycles. The molecule has 2 aromatic carbocycles. The lowest BCUT2D eigenvalue weighted by atomic mass is 10.1. The molecule has 0 saturated carbocycles. The monoisotopic (exact) mass is 468 g/mol. The zero-order chi connectivity index (χ0) is 23.1. The number of hydrogen-bond donors (Lipinski definition) is 0. The van der Waals surface area contributed by atoms with Gasteiger partial charge in [0.1, 0.15) is 18.0 Å². The van der Waals surface area contributed by atoms with Crippen LogP contribution in [0.1, 0.15) is 5.89 Å². The van der Waals surface area contributed by atoms with Crippen molar-refractivity contribution in [3.63, 3.8) is 0 Å². The molecule has 0 radical (unpaired) electrons. The zero-order valence-electron chi connectivity index (χ0n) is 17.5. The van der Waals surface area contributed by atoms with E-state index in [4.69, 9.17) is 25.6 Å². The summed E-state index contributed by atoms with van der Waals surface area (Å²) in [5.41, 5.74) is 1.05. The van der Waals surface area contributed by atoms with Gasteiger partial charge in [-0.15, -0.1) is 0 Å². The van der Waals surface area contributed by atoms with Crippen LogP contribution in [0.4, 0.5) is 5.69 Å². The van der Waals surface area contributed by atoms with Crippen LogP contribution in [0.3, 0.4) is 0 Å². The lowest BCUT2D eigenvalue weighted by Crippen LogP contribution is -2.39. The lowest BCUT2D eigenvalue weighted by Gasteiger charge is -2.20. The minimum Gasteiger partial charge on any atom is -0.497 e. The summed E-state index contributed by atoms with van der Waals surface area (Å²) in [6.07, 6.45) is 0. The molecule has 1 fully saturated rings. The minimum absolute atomic E-state index is 0.0134. The van der Waals surface area contributed by atoms with E-state index in [1.807, 2.05) is 0 Å². The number of methoxy groups -OCH3 is 2. The molecule has 12 heteroatoms. The number of benzene rings is 2. The van der Waals surface area contributed by atoms with Gasteiger partial charge in [0.15, 0.2) is 12.1 Å². The summed E-state index contributed by atoms with van der Waals surface area (Å²) in [6.45, 7) is 0.0134. The second-order valence-electron chi connectivity index (χ2n) is 7.29. The highest BCUT2D eigenvalue weighted by Crippen LogP contribution is 2.36. The van der Waals surface area contributed by atoms with Crippen LogP contribution in [0.25, 0.3) is 11.4 Å². The fraction of sp³-hybridized carbons (Fsp3) is 0.238. The number of aromatic nitrogens is 2. The molecule has 5 rings (SSSR count). The van der Waals surface area contributed by atoms with Gasteiger partial charge in [-0.05, 0) is 24.3 Å². The zero-order valence-corrected chi connectivity index (χ0v) is 18.3. The molecule has 3 heterocycles. The Morgan fingerprint density at radius 1 is 1.03 bits per heavy atom. The number of hydrogen-bond acceptors (Lipinski definition) is 10. The van der Waals surface area contributed by atoms with E-state index in [9.17, 15) is 9.59 Å². The third-order valence-electron chi connectivity index (χ3n) is 5.32. The predicted molar refractivity (Wildman–Crippen MR) is 115 cm³/mol. The van der Waals surface area contributed by atoms with Gasteiger partial charge in [-0.3, -0.25) is 14.6 Å². The molecule has 11 nitrogen and oxygen atoms in total. The minimum atomic E-state index is -0.964. The first-order valence-corrected chi connectivity index (χ1v) is 10.2. The molecule has 0 aliphatic carbocycles. The Hall–Kier alpha value is -3.99. The molecular formula is C21H17ClN6O5. The number of carbonyl (C=O) groups excluding carboxylic acids is 2. The van der Waals surface area contributed by atoms with E-state index >= 15 is 0 Å². The van der Waals surface area contributed by atoms with Gasteiger partial charge < -0.3 is 14.0 Å². The number of nitrogens with zero attached hydrogens (tertiary/aromatic N) is 6. The Kier molecular flexibility index (Phi) is 5.17. The van der Waals surface area contributed by atoms with Crippen LogP contribution in [0, 0.1) is 0 Å². The molecule has 2 amide bonds. The lowest BCUT2D eigenvalue weighted by molar-refractivity contribution is -0.123. The van der Waals surface area contributed by atoms with Crippen LogP contribution in [0.2, 0.25) is 5.02 Å². The second-order valence-corrected chi connectivity index (χ2v) is 7.73. The molecular weight excluding hydrogens is 452 g/mol. The quantitative estimate of drug-likeness (QED) is 0.506. The molecule has 3 aromatic rings. The van der Waals surface area contributed by atoms with Crippen molar-refractivity contribution in [1.29, 1.82) is 0 Å². The summed E-state index contributed by atoms with van der Waals surface area (Å²) in [5.74, 6) is 0.526. The number of imide groups is 1. The van der Waals surface area contributed by atoms with E-state index < -0.39 is 23.9 Å². The van der Waals surface area contributed by atoms with E-state index in [-0.39, 0.29) is 12.4 Å². The first kappa shape index (κ1) is 20.9. The molecule has 2 aliphatic heterocycles. The maximum Gasteiger partial charge on any atom is 0.263 e.